The van der Waals surface area contributed by atoms with Crippen molar-refractivity contribution in [2.75, 3.05) is 13.1 Å². The molecule has 0 aliphatic carbocycles. The molecule has 0 saturated carbocycles. The van der Waals surface area contributed by atoms with E-state index in [1.54, 1.807) is 19.2 Å². The summed E-state index contributed by atoms with van der Waals surface area (Å²) in [7, 11) is 0. The maximum atomic E-state index is 12.4. The van der Waals surface area contributed by atoms with Crippen LogP contribution >= 0.6 is 0 Å². The predicted octanol–water partition coefficient (Wildman–Crippen LogP) is 0.640. The second-order valence-corrected chi connectivity index (χ2v) is 6.04. The minimum atomic E-state index is -0.0607. The van der Waals surface area contributed by atoms with Gasteiger partial charge in [-0.05, 0) is 19.4 Å². The summed E-state index contributed by atoms with van der Waals surface area (Å²) in [5.41, 5.74) is 0.429. The molecule has 0 N–H and O–H groups in total. The highest BCUT2D eigenvalue weighted by molar-refractivity contribution is 5.92. The summed E-state index contributed by atoms with van der Waals surface area (Å²) >= 11 is 0. The molecule has 2 fully saturated rings. The van der Waals surface area contributed by atoms with Crippen molar-refractivity contribution in [2.24, 2.45) is 5.92 Å². The standard InChI is InChI=1S/C15H17N5O3/c1-9-18-14(23-19-9)5-11-4-10-6-20(7-13(10)22-11)15(21)12-2-3-16-8-17-12/h2-3,8,10-11,13H,4-7H2,1H3/t10-,11-,13+/m0/s1. The first kappa shape index (κ1) is 14.3. The Morgan fingerprint density at radius 3 is 3.04 bits per heavy atom. The third-order valence-corrected chi connectivity index (χ3v) is 4.37. The number of ether oxygens (including phenoxy) is 1. The number of fused-ring (bicyclic) bond motifs is 1. The lowest BCUT2D eigenvalue weighted by Gasteiger charge is -2.18. The van der Waals surface area contributed by atoms with Gasteiger partial charge in [-0.1, -0.05) is 5.16 Å². The summed E-state index contributed by atoms with van der Waals surface area (Å²) in [4.78, 5) is 26.3. The number of hydrogen-bond donors (Lipinski definition) is 0. The Kier molecular flexibility index (Phi) is 3.53. The average molecular weight is 315 g/mol. The molecule has 8 nitrogen and oxygen atoms in total. The van der Waals surface area contributed by atoms with Crippen molar-refractivity contribution in [3.8, 4) is 0 Å². The molecule has 23 heavy (non-hydrogen) atoms. The molecule has 0 bridgehead atoms. The number of likely N-dealkylation sites (tertiary alicyclic amines) is 1. The van der Waals surface area contributed by atoms with Gasteiger partial charge in [-0.2, -0.15) is 4.98 Å². The molecule has 8 heteroatoms. The van der Waals surface area contributed by atoms with Gasteiger partial charge in [-0.25, -0.2) is 9.97 Å². The van der Waals surface area contributed by atoms with Gasteiger partial charge in [-0.3, -0.25) is 4.79 Å². The third kappa shape index (κ3) is 2.81. The van der Waals surface area contributed by atoms with Crippen LogP contribution in [-0.2, 0) is 11.2 Å². The van der Waals surface area contributed by atoms with Crippen molar-refractivity contribution in [1.29, 1.82) is 0 Å². The topological polar surface area (TPSA) is 94.2 Å². The zero-order valence-electron chi connectivity index (χ0n) is 12.8. The summed E-state index contributed by atoms with van der Waals surface area (Å²) < 4.78 is 11.2. The molecule has 4 heterocycles. The summed E-state index contributed by atoms with van der Waals surface area (Å²) in [5.74, 6) is 1.55. The Hall–Kier alpha value is -2.35. The number of aromatic nitrogens is 4. The quantitative estimate of drug-likeness (QED) is 0.820. The van der Waals surface area contributed by atoms with Gasteiger partial charge in [0.2, 0.25) is 5.89 Å². The van der Waals surface area contributed by atoms with Gasteiger partial charge in [0, 0.05) is 25.2 Å². The molecular formula is C15H17N5O3. The van der Waals surface area contributed by atoms with Crippen molar-refractivity contribution >= 4 is 5.91 Å². The Balaban J connectivity index is 1.36. The van der Waals surface area contributed by atoms with E-state index in [4.69, 9.17) is 9.26 Å². The Morgan fingerprint density at radius 1 is 1.43 bits per heavy atom. The van der Waals surface area contributed by atoms with Gasteiger partial charge in [0.1, 0.15) is 12.0 Å². The molecule has 0 spiro atoms. The molecular weight excluding hydrogens is 298 g/mol. The van der Waals surface area contributed by atoms with Crippen LogP contribution in [0.5, 0.6) is 0 Å². The molecule has 2 aliphatic rings. The maximum absolute atomic E-state index is 12.4. The smallest absolute Gasteiger partial charge is 0.272 e. The Bertz CT molecular complexity index is 690. The van der Waals surface area contributed by atoms with Crippen LogP contribution in [0.15, 0.2) is 23.1 Å². The second kappa shape index (κ2) is 5.69. The third-order valence-electron chi connectivity index (χ3n) is 4.37. The fraction of sp³-hybridized carbons (Fsp3) is 0.533. The first-order chi connectivity index (χ1) is 11.2. The number of rotatable bonds is 3. The average Bonchev–Trinajstić information content (AvgIpc) is 3.22. The van der Waals surface area contributed by atoms with Crippen LogP contribution in [0.1, 0.15) is 28.6 Å². The van der Waals surface area contributed by atoms with Crippen LogP contribution in [0.4, 0.5) is 0 Å². The zero-order valence-corrected chi connectivity index (χ0v) is 12.8. The monoisotopic (exact) mass is 315 g/mol. The van der Waals surface area contributed by atoms with Crippen molar-refractivity contribution in [1.82, 2.24) is 25.0 Å². The molecule has 2 saturated heterocycles. The van der Waals surface area contributed by atoms with Gasteiger partial charge in [0.25, 0.3) is 5.91 Å². The number of hydrogen-bond acceptors (Lipinski definition) is 7. The number of aryl methyl sites for hydroxylation is 1. The lowest BCUT2D eigenvalue weighted by Crippen LogP contribution is -2.32. The molecule has 2 aliphatic heterocycles. The van der Waals surface area contributed by atoms with Crippen LogP contribution in [-0.4, -0.2) is 56.2 Å². The highest BCUT2D eigenvalue weighted by Gasteiger charge is 2.44. The number of nitrogens with zero attached hydrogens (tertiary/aromatic N) is 5. The summed E-state index contributed by atoms with van der Waals surface area (Å²) in [6.07, 6.45) is 4.67. The highest BCUT2D eigenvalue weighted by Crippen LogP contribution is 2.34. The van der Waals surface area contributed by atoms with Gasteiger partial charge in [-0.15, -0.1) is 0 Å². The molecule has 1 amide bonds. The molecule has 2 aromatic heterocycles. The SMILES string of the molecule is Cc1noc(C[C@@H]2C[C@H]3CN(C(=O)c4ccncn4)C[C@H]3O2)n1. The normalized spacial score (nSPS) is 26.5. The van der Waals surface area contributed by atoms with Crippen LogP contribution in [0, 0.1) is 12.8 Å². The zero-order chi connectivity index (χ0) is 15.8. The molecule has 4 rings (SSSR count). The van der Waals surface area contributed by atoms with Crippen molar-refractivity contribution in [3.05, 3.63) is 36.0 Å². The maximum Gasteiger partial charge on any atom is 0.272 e. The Labute approximate surface area is 132 Å². The second-order valence-electron chi connectivity index (χ2n) is 6.04. The molecule has 3 atom stereocenters. The van der Waals surface area contributed by atoms with E-state index in [1.165, 1.54) is 6.33 Å². The summed E-state index contributed by atoms with van der Waals surface area (Å²) in [6, 6.07) is 1.64. The van der Waals surface area contributed by atoms with Gasteiger partial charge >= 0.3 is 0 Å². The molecule has 120 valence electrons. The van der Waals surface area contributed by atoms with Crippen molar-refractivity contribution in [3.63, 3.8) is 0 Å². The van der Waals surface area contributed by atoms with E-state index in [1.807, 2.05) is 4.90 Å². The van der Waals surface area contributed by atoms with Gasteiger partial charge in [0.15, 0.2) is 5.82 Å². The van der Waals surface area contributed by atoms with E-state index >= 15 is 0 Å². The van der Waals surface area contributed by atoms with E-state index in [0.29, 0.717) is 42.8 Å². The van der Waals surface area contributed by atoms with Crippen LogP contribution in [0.3, 0.4) is 0 Å². The number of carbonyl (C=O) groups is 1. The number of amides is 1. The van der Waals surface area contributed by atoms with Gasteiger partial charge in [0.05, 0.1) is 18.6 Å². The minimum Gasteiger partial charge on any atom is -0.372 e. The van der Waals surface area contributed by atoms with E-state index in [-0.39, 0.29) is 18.1 Å². The van der Waals surface area contributed by atoms with Crippen molar-refractivity contribution in [2.45, 2.75) is 32.0 Å². The number of carbonyl (C=O) groups excluding carboxylic acids is 1. The summed E-state index contributed by atoms with van der Waals surface area (Å²) in [6.45, 7) is 3.10. The lowest BCUT2D eigenvalue weighted by atomic mass is 10.0. The van der Waals surface area contributed by atoms with E-state index in [9.17, 15) is 4.79 Å². The first-order valence-corrected chi connectivity index (χ1v) is 7.69. The van der Waals surface area contributed by atoms with Crippen molar-refractivity contribution < 1.29 is 14.1 Å². The van der Waals surface area contributed by atoms with Crippen LogP contribution in [0.25, 0.3) is 0 Å². The van der Waals surface area contributed by atoms with Crippen LogP contribution in [0.2, 0.25) is 0 Å². The van der Waals surface area contributed by atoms with E-state index in [0.717, 1.165) is 6.42 Å². The largest absolute Gasteiger partial charge is 0.372 e. The highest BCUT2D eigenvalue weighted by atomic mass is 16.5. The Morgan fingerprint density at radius 2 is 2.35 bits per heavy atom. The summed E-state index contributed by atoms with van der Waals surface area (Å²) in [5, 5.41) is 3.79. The predicted molar refractivity (Wildman–Crippen MR) is 77.4 cm³/mol. The van der Waals surface area contributed by atoms with Crippen LogP contribution < -0.4 is 0 Å². The fourth-order valence-electron chi connectivity index (χ4n) is 3.36. The minimum absolute atomic E-state index is 0.0607. The molecule has 2 aromatic rings. The molecule has 0 radical (unpaired) electrons. The van der Waals surface area contributed by atoms with Gasteiger partial charge < -0.3 is 14.2 Å². The molecule has 0 unspecified atom stereocenters. The van der Waals surface area contributed by atoms with E-state index < -0.39 is 0 Å². The molecule has 0 aromatic carbocycles. The lowest BCUT2D eigenvalue weighted by molar-refractivity contribution is 0.0329. The fourth-order valence-corrected chi connectivity index (χ4v) is 3.36. The first-order valence-electron chi connectivity index (χ1n) is 7.69. The van der Waals surface area contributed by atoms with E-state index in [2.05, 4.69) is 20.1 Å².